The van der Waals surface area contributed by atoms with Crippen molar-refractivity contribution in [2.24, 2.45) is 0 Å². The molecule has 25 heavy (non-hydrogen) atoms. The number of anilines is 1. The lowest BCUT2D eigenvalue weighted by atomic mass is 10.3. The average molecular weight is 472 g/mol. The van der Waals surface area contributed by atoms with Crippen molar-refractivity contribution in [2.45, 2.75) is 24.7 Å². The van der Waals surface area contributed by atoms with Crippen molar-refractivity contribution in [2.75, 3.05) is 17.4 Å². The number of unbranched alkanes of at least 4 members (excludes halogenated alkanes) is 1. The van der Waals surface area contributed by atoms with Crippen molar-refractivity contribution in [1.29, 1.82) is 0 Å². The third kappa shape index (κ3) is 5.43. The monoisotopic (exact) mass is 472 g/mol. The van der Waals surface area contributed by atoms with Crippen molar-refractivity contribution in [3.05, 3.63) is 58.2 Å². The molecule has 2 aromatic carbocycles. The zero-order chi connectivity index (χ0) is 18.3. The minimum Gasteiger partial charge on any atom is -0.355 e. The standard InChI is InChI=1S/C18H21IN2O3S/c1-2-3-13-20-18(22)14-21(16-11-9-15(19)10-12-16)25(23,24)17-7-5-4-6-8-17/h4-12H,2-3,13-14H2,1H3,(H,20,22). The number of carbonyl (C=O) groups excluding carboxylic acids is 1. The molecule has 2 aromatic rings. The Morgan fingerprint density at radius 1 is 1.08 bits per heavy atom. The number of hydrogen-bond acceptors (Lipinski definition) is 3. The molecule has 0 bridgehead atoms. The highest BCUT2D eigenvalue weighted by atomic mass is 127. The number of benzene rings is 2. The van der Waals surface area contributed by atoms with Gasteiger partial charge in [0, 0.05) is 10.1 Å². The maximum atomic E-state index is 13.0. The molecular formula is C18H21IN2O3S. The lowest BCUT2D eigenvalue weighted by molar-refractivity contribution is -0.119. The molecule has 0 radical (unpaired) electrons. The van der Waals surface area contributed by atoms with Gasteiger partial charge in [0.1, 0.15) is 6.54 Å². The van der Waals surface area contributed by atoms with Crippen LogP contribution in [0.15, 0.2) is 59.5 Å². The summed E-state index contributed by atoms with van der Waals surface area (Å²) < 4.78 is 28.2. The Hall–Kier alpha value is -1.61. The van der Waals surface area contributed by atoms with Crippen molar-refractivity contribution >= 4 is 44.2 Å². The second-order valence-electron chi connectivity index (χ2n) is 5.50. The second-order valence-corrected chi connectivity index (χ2v) is 8.61. The summed E-state index contributed by atoms with van der Waals surface area (Å²) in [6.45, 7) is 2.33. The van der Waals surface area contributed by atoms with Gasteiger partial charge in [0.15, 0.2) is 0 Å². The molecule has 0 spiro atoms. The zero-order valence-corrected chi connectivity index (χ0v) is 17.0. The van der Waals surface area contributed by atoms with Crippen LogP contribution in [0, 0.1) is 3.57 Å². The first kappa shape index (κ1) is 19.7. The van der Waals surface area contributed by atoms with Crippen molar-refractivity contribution in [3.8, 4) is 0 Å². The maximum absolute atomic E-state index is 13.0. The van der Waals surface area contributed by atoms with E-state index in [-0.39, 0.29) is 17.3 Å². The molecule has 7 heteroatoms. The summed E-state index contributed by atoms with van der Waals surface area (Å²) in [6.07, 6.45) is 1.82. The van der Waals surface area contributed by atoms with Gasteiger partial charge in [-0.2, -0.15) is 0 Å². The summed E-state index contributed by atoms with van der Waals surface area (Å²) in [4.78, 5) is 12.4. The SMILES string of the molecule is CCCCNC(=O)CN(c1ccc(I)cc1)S(=O)(=O)c1ccccc1. The van der Waals surface area contributed by atoms with E-state index in [0.29, 0.717) is 12.2 Å². The van der Waals surface area contributed by atoms with Gasteiger partial charge in [0.25, 0.3) is 10.0 Å². The van der Waals surface area contributed by atoms with Gasteiger partial charge in [-0.25, -0.2) is 8.42 Å². The fourth-order valence-corrected chi connectivity index (χ4v) is 4.03. The van der Waals surface area contributed by atoms with Gasteiger partial charge in [-0.15, -0.1) is 0 Å². The van der Waals surface area contributed by atoms with Crippen molar-refractivity contribution in [1.82, 2.24) is 5.32 Å². The van der Waals surface area contributed by atoms with Gasteiger partial charge in [0.05, 0.1) is 10.6 Å². The third-order valence-corrected chi connectivity index (χ3v) is 6.09. The Kier molecular flexibility index (Phi) is 7.24. The van der Waals surface area contributed by atoms with E-state index in [1.54, 1.807) is 30.3 Å². The summed E-state index contributed by atoms with van der Waals surface area (Å²) in [5.74, 6) is -0.313. The Labute approximate surface area is 162 Å². The maximum Gasteiger partial charge on any atom is 0.264 e. The highest BCUT2D eigenvalue weighted by Gasteiger charge is 2.26. The molecule has 0 atom stereocenters. The average Bonchev–Trinajstić information content (AvgIpc) is 2.61. The van der Waals surface area contributed by atoms with Gasteiger partial charge in [-0.3, -0.25) is 9.10 Å². The van der Waals surface area contributed by atoms with Crippen LogP contribution in [-0.2, 0) is 14.8 Å². The number of hydrogen-bond donors (Lipinski definition) is 1. The molecule has 1 amide bonds. The predicted molar refractivity (Wildman–Crippen MR) is 108 cm³/mol. The van der Waals surface area contributed by atoms with Crippen LogP contribution in [0.1, 0.15) is 19.8 Å². The molecule has 0 saturated carbocycles. The van der Waals surface area contributed by atoms with Gasteiger partial charge in [-0.1, -0.05) is 31.5 Å². The van der Waals surface area contributed by atoms with E-state index in [1.807, 2.05) is 19.1 Å². The normalized spacial score (nSPS) is 11.1. The Morgan fingerprint density at radius 2 is 1.72 bits per heavy atom. The van der Waals surface area contributed by atoms with Crippen LogP contribution in [0.3, 0.4) is 0 Å². The molecule has 0 aromatic heterocycles. The number of rotatable bonds is 8. The third-order valence-electron chi connectivity index (χ3n) is 3.59. The van der Waals surface area contributed by atoms with Crippen LogP contribution >= 0.6 is 22.6 Å². The molecule has 134 valence electrons. The summed E-state index contributed by atoms with van der Waals surface area (Å²) in [5.41, 5.74) is 0.468. The second kappa shape index (κ2) is 9.19. The van der Waals surface area contributed by atoms with Crippen LogP contribution in [-0.4, -0.2) is 27.4 Å². The predicted octanol–water partition coefficient (Wildman–Crippen LogP) is 3.40. The van der Waals surface area contributed by atoms with E-state index in [2.05, 4.69) is 27.9 Å². The van der Waals surface area contributed by atoms with E-state index >= 15 is 0 Å². The van der Waals surface area contributed by atoms with Crippen LogP contribution in [0.2, 0.25) is 0 Å². The smallest absolute Gasteiger partial charge is 0.264 e. The Morgan fingerprint density at radius 3 is 2.32 bits per heavy atom. The van der Waals surface area contributed by atoms with Gasteiger partial charge in [-0.05, 0) is 65.4 Å². The summed E-state index contributed by atoms with van der Waals surface area (Å²) >= 11 is 2.15. The van der Waals surface area contributed by atoms with E-state index < -0.39 is 10.0 Å². The molecule has 2 rings (SSSR count). The molecule has 0 aliphatic rings. The van der Waals surface area contributed by atoms with E-state index in [0.717, 1.165) is 20.7 Å². The molecule has 0 heterocycles. The summed E-state index contributed by atoms with van der Waals surface area (Å²) in [6, 6.07) is 15.2. The number of nitrogens with zero attached hydrogens (tertiary/aromatic N) is 1. The molecule has 0 aliphatic heterocycles. The van der Waals surface area contributed by atoms with Crippen LogP contribution in [0.4, 0.5) is 5.69 Å². The summed E-state index contributed by atoms with van der Waals surface area (Å²) in [5, 5.41) is 2.77. The number of sulfonamides is 1. The molecule has 0 fully saturated rings. The minimum absolute atomic E-state index is 0.162. The lowest BCUT2D eigenvalue weighted by Gasteiger charge is -2.24. The highest BCUT2D eigenvalue weighted by molar-refractivity contribution is 14.1. The van der Waals surface area contributed by atoms with Crippen molar-refractivity contribution < 1.29 is 13.2 Å². The summed E-state index contributed by atoms with van der Waals surface area (Å²) in [7, 11) is -3.82. The first-order chi connectivity index (χ1) is 11.9. The highest BCUT2D eigenvalue weighted by Crippen LogP contribution is 2.24. The largest absolute Gasteiger partial charge is 0.355 e. The number of carbonyl (C=O) groups is 1. The van der Waals surface area contributed by atoms with Gasteiger partial charge in [0.2, 0.25) is 5.91 Å². The minimum atomic E-state index is -3.82. The van der Waals surface area contributed by atoms with E-state index in [1.165, 1.54) is 12.1 Å². The fourth-order valence-electron chi connectivity index (χ4n) is 2.23. The van der Waals surface area contributed by atoms with Crippen LogP contribution in [0.25, 0.3) is 0 Å². The molecule has 5 nitrogen and oxygen atoms in total. The molecule has 0 saturated heterocycles. The van der Waals surface area contributed by atoms with Crippen LogP contribution < -0.4 is 9.62 Å². The van der Waals surface area contributed by atoms with E-state index in [9.17, 15) is 13.2 Å². The molecule has 0 aliphatic carbocycles. The Bertz CT molecular complexity index is 793. The Balaban J connectivity index is 2.32. The lowest BCUT2D eigenvalue weighted by Crippen LogP contribution is -2.41. The van der Waals surface area contributed by atoms with Crippen LogP contribution in [0.5, 0.6) is 0 Å². The number of nitrogens with one attached hydrogen (secondary N) is 1. The first-order valence-electron chi connectivity index (χ1n) is 8.05. The number of amides is 1. The quantitative estimate of drug-likeness (QED) is 0.473. The van der Waals surface area contributed by atoms with Gasteiger partial charge >= 0.3 is 0 Å². The first-order valence-corrected chi connectivity index (χ1v) is 10.6. The van der Waals surface area contributed by atoms with E-state index in [4.69, 9.17) is 0 Å². The molecule has 1 N–H and O–H groups in total. The van der Waals surface area contributed by atoms with Gasteiger partial charge < -0.3 is 5.32 Å². The topological polar surface area (TPSA) is 66.5 Å². The fraction of sp³-hybridized carbons (Fsp3) is 0.278. The zero-order valence-electron chi connectivity index (χ0n) is 14.0. The molecular weight excluding hydrogens is 451 g/mol. The number of halogens is 1. The molecule has 0 unspecified atom stereocenters. The van der Waals surface area contributed by atoms with Crippen molar-refractivity contribution in [3.63, 3.8) is 0 Å².